The molecule has 3 unspecified atom stereocenters. The van der Waals surface area contributed by atoms with Crippen LogP contribution in [0.15, 0.2) is 12.7 Å². The normalized spacial score (nSPS) is 18.5. The number of hydrogen-bond acceptors (Lipinski definition) is 8. The van der Waals surface area contributed by atoms with Crippen LogP contribution in [0.4, 0.5) is 61.9 Å². The summed E-state index contributed by atoms with van der Waals surface area (Å²) in [6.45, 7) is -2.37. The van der Waals surface area contributed by atoms with Gasteiger partial charge in [0.25, 0.3) is 0 Å². The summed E-state index contributed by atoms with van der Waals surface area (Å²) < 4.78 is 200. The zero-order chi connectivity index (χ0) is 29.0. The maximum absolute atomic E-state index is 15.1. The van der Waals surface area contributed by atoms with Gasteiger partial charge in [-0.3, -0.25) is 9.53 Å². The lowest BCUT2D eigenvalue weighted by Gasteiger charge is -2.45. The second kappa shape index (κ2) is 11.0. The molecule has 0 radical (unpaired) electrons. The second-order valence-electron chi connectivity index (χ2n) is 6.18. The van der Waals surface area contributed by atoms with Gasteiger partial charge in [0.1, 0.15) is 6.61 Å². The fraction of sp³-hybridized carbons (Fsp3) is 0.714. The highest BCUT2D eigenvalue weighted by Gasteiger charge is 2.92. The third kappa shape index (κ3) is 5.81. The molecule has 36 heavy (non-hydrogen) atoms. The van der Waals surface area contributed by atoms with Gasteiger partial charge in [-0.1, -0.05) is 6.58 Å². The van der Waals surface area contributed by atoms with Crippen molar-refractivity contribution < 1.29 is 100 Å². The van der Waals surface area contributed by atoms with E-state index in [0.717, 1.165) is 0 Å². The SMILES string of the molecule is C=CC(=O)OCC(F)(F)C(F)(F)OC(F)(C(F)(OF)C(F)(F)OF)C(F)(OF)C(F)(F)OCC(C)=O. The van der Waals surface area contributed by atoms with E-state index in [2.05, 4.69) is 16.1 Å². The van der Waals surface area contributed by atoms with E-state index < -0.39 is 66.8 Å². The Morgan fingerprint density at radius 3 is 1.53 bits per heavy atom. The molecule has 8 nitrogen and oxygen atoms in total. The van der Waals surface area contributed by atoms with Gasteiger partial charge in [-0.25, -0.2) is 4.79 Å². The van der Waals surface area contributed by atoms with E-state index in [9.17, 15) is 67.1 Å². The van der Waals surface area contributed by atoms with E-state index in [-0.39, 0.29) is 6.08 Å². The van der Waals surface area contributed by atoms with Crippen LogP contribution < -0.4 is 0 Å². The largest absolute Gasteiger partial charge is 0.456 e. The first kappa shape index (κ1) is 33.7. The van der Waals surface area contributed by atoms with Crippen molar-refractivity contribution in [3.05, 3.63) is 12.7 Å². The monoisotopic (exact) mass is 572 g/mol. The number of carbonyl (C=O) groups excluding carboxylic acids is 2. The van der Waals surface area contributed by atoms with Crippen molar-refractivity contribution in [2.45, 2.75) is 48.7 Å². The summed E-state index contributed by atoms with van der Waals surface area (Å²) in [7, 11) is 0. The summed E-state index contributed by atoms with van der Waals surface area (Å²) in [5.41, 5.74) is 0. The quantitative estimate of drug-likeness (QED) is 0.152. The Hall–Kier alpha value is -2.30. The van der Waals surface area contributed by atoms with Crippen molar-refractivity contribution in [1.82, 2.24) is 0 Å². The molecule has 0 aromatic rings. The van der Waals surface area contributed by atoms with Crippen LogP contribution >= 0.6 is 0 Å². The van der Waals surface area contributed by atoms with Crippen molar-refractivity contribution in [3.8, 4) is 0 Å². The number of Topliss-reactive ketones (excluding diaryl/α,β-unsaturated/α-hetero) is 1. The zero-order valence-electron chi connectivity index (χ0n) is 16.8. The smallest absolute Gasteiger partial charge is 0.453 e. The topological polar surface area (TPSA) is 89.5 Å². The van der Waals surface area contributed by atoms with Gasteiger partial charge in [-0.05, 0) is 20.5 Å². The molecule has 0 N–H and O–H groups in total. The zero-order valence-corrected chi connectivity index (χ0v) is 16.8. The minimum Gasteiger partial charge on any atom is -0.456 e. The summed E-state index contributed by atoms with van der Waals surface area (Å²) in [4.78, 5) is 25.6. The maximum atomic E-state index is 15.1. The molecule has 0 rings (SSSR count). The molecule has 3 atom stereocenters. The van der Waals surface area contributed by atoms with Gasteiger partial charge in [0, 0.05) is 6.08 Å². The molecule has 0 saturated heterocycles. The van der Waals surface area contributed by atoms with Gasteiger partial charge in [-0.2, -0.15) is 48.3 Å². The molecule has 0 spiro atoms. The first-order valence-electron chi connectivity index (χ1n) is 8.11. The van der Waals surface area contributed by atoms with E-state index in [4.69, 9.17) is 0 Å². The highest BCUT2D eigenvalue weighted by Crippen LogP contribution is 2.59. The van der Waals surface area contributed by atoms with Crippen LogP contribution in [-0.4, -0.2) is 66.8 Å². The van der Waals surface area contributed by atoms with Crippen LogP contribution in [0.2, 0.25) is 0 Å². The first-order chi connectivity index (χ1) is 16.0. The summed E-state index contributed by atoms with van der Waals surface area (Å²) in [6, 6.07) is 0. The third-order valence-electron chi connectivity index (χ3n) is 3.60. The number of carbonyl (C=O) groups is 2. The number of ether oxygens (including phenoxy) is 3. The van der Waals surface area contributed by atoms with Crippen molar-refractivity contribution in [2.24, 2.45) is 0 Å². The van der Waals surface area contributed by atoms with Crippen molar-refractivity contribution in [3.63, 3.8) is 0 Å². The summed E-state index contributed by atoms with van der Waals surface area (Å²) in [5.74, 6) is -32.8. The molecule has 0 saturated carbocycles. The van der Waals surface area contributed by atoms with Crippen LogP contribution in [-0.2, 0) is 38.6 Å². The highest BCUT2D eigenvalue weighted by molar-refractivity contribution is 5.81. The van der Waals surface area contributed by atoms with Gasteiger partial charge >= 0.3 is 47.8 Å². The minimum atomic E-state index is -7.82. The van der Waals surface area contributed by atoms with Crippen molar-refractivity contribution in [1.29, 1.82) is 0 Å². The number of hydrogen-bond donors (Lipinski definition) is 0. The molecule has 22 heteroatoms. The summed E-state index contributed by atoms with van der Waals surface area (Å²) in [6.07, 6.45) is -21.3. The van der Waals surface area contributed by atoms with Gasteiger partial charge in [0.05, 0.1) is 0 Å². The lowest BCUT2D eigenvalue weighted by molar-refractivity contribution is -0.603. The molecule has 0 aromatic carbocycles. The van der Waals surface area contributed by atoms with Crippen LogP contribution in [0, 0.1) is 0 Å². The standard InChI is InChI=1S/C14H10F14O8/c1-3-7(30)31-5-8(15,16)12(20,21)33-9(17,11(19,35-27)14(24,25)36-28)10(18,34-26)13(22,23)32-4-6(2)29/h3H,1,4-5H2,2H3. The lowest BCUT2D eigenvalue weighted by atomic mass is 9.97. The van der Waals surface area contributed by atoms with E-state index >= 15 is 4.39 Å². The Morgan fingerprint density at radius 2 is 1.17 bits per heavy atom. The van der Waals surface area contributed by atoms with E-state index in [1.165, 1.54) is 14.8 Å². The van der Waals surface area contributed by atoms with E-state index in [1.54, 1.807) is 0 Å². The number of alkyl halides is 11. The molecular weight excluding hydrogens is 562 g/mol. The summed E-state index contributed by atoms with van der Waals surface area (Å²) in [5, 5.41) is 0. The fourth-order valence-corrected chi connectivity index (χ4v) is 1.79. The highest BCUT2D eigenvalue weighted by atomic mass is 19.4. The minimum absolute atomic E-state index is 0.0215. The number of rotatable bonds is 16. The van der Waals surface area contributed by atoms with Gasteiger partial charge < -0.3 is 9.47 Å². The maximum Gasteiger partial charge on any atom is 0.453 e. The van der Waals surface area contributed by atoms with Crippen molar-refractivity contribution >= 4 is 11.8 Å². The Bertz CT molecular complexity index is 812. The molecule has 0 bridgehead atoms. The molecular formula is C14H10F14O8. The van der Waals surface area contributed by atoms with Crippen LogP contribution in [0.3, 0.4) is 0 Å². The number of halogens is 14. The molecule has 212 valence electrons. The Kier molecular flexibility index (Phi) is 10.3. The average Bonchev–Trinajstić information content (AvgIpc) is 2.78. The Balaban J connectivity index is 7.18. The van der Waals surface area contributed by atoms with Gasteiger partial charge in [-0.15, -0.1) is 14.8 Å². The molecule has 0 fully saturated rings. The molecule has 0 aliphatic heterocycles. The van der Waals surface area contributed by atoms with Crippen LogP contribution in [0.25, 0.3) is 0 Å². The Labute approximate surface area is 188 Å². The average molecular weight is 572 g/mol. The van der Waals surface area contributed by atoms with Gasteiger partial charge in [0.2, 0.25) is 0 Å². The predicted octanol–water partition coefficient (Wildman–Crippen LogP) is 4.45. The lowest BCUT2D eigenvalue weighted by Crippen LogP contribution is -2.77. The number of ketones is 1. The number of esters is 1. The van der Waals surface area contributed by atoms with E-state index in [0.29, 0.717) is 6.92 Å². The van der Waals surface area contributed by atoms with Crippen LogP contribution in [0.1, 0.15) is 6.92 Å². The molecule has 0 heterocycles. The second-order valence-corrected chi connectivity index (χ2v) is 6.18. The van der Waals surface area contributed by atoms with Crippen LogP contribution in [0.5, 0.6) is 0 Å². The molecule has 0 aromatic heterocycles. The summed E-state index contributed by atoms with van der Waals surface area (Å²) >= 11 is 0. The van der Waals surface area contributed by atoms with Gasteiger partial charge in [0.15, 0.2) is 12.4 Å². The third-order valence-corrected chi connectivity index (χ3v) is 3.60. The fourth-order valence-electron chi connectivity index (χ4n) is 1.79. The molecule has 0 amide bonds. The first-order valence-corrected chi connectivity index (χ1v) is 8.11. The van der Waals surface area contributed by atoms with E-state index in [1.807, 2.05) is 4.74 Å². The Morgan fingerprint density at radius 1 is 0.722 bits per heavy atom. The van der Waals surface area contributed by atoms with Crippen molar-refractivity contribution in [2.75, 3.05) is 13.2 Å². The molecule has 0 aliphatic rings. The molecule has 0 aliphatic carbocycles. The predicted molar refractivity (Wildman–Crippen MR) is 76.8 cm³/mol.